The van der Waals surface area contributed by atoms with Crippen molar-refractivity contribution in [2.24, 2.45) is 0 Å². The number of hydrogen-bond acceptors (Lipinski definition) is 4. The summed E-state index contributed by atoms with van der Waals surface area (Å²) in [5, 5.41) is 2.97. The standard InChI is InChI=1S/C24H32N2O4S/c1-7-15-26(31(28,29)20-13-11-19(30-6)12-14-20)16-23(27)25-24-21(17(2)3)9-8-10-22(24)18(4)5/h7-14,17-18H,1,15-16H2,2-6H3,(H,25,27). The lowest BCUT2D eigenvalue weighted by Gasteiger charge is -2.23. The van der Waals surface area contributed by atoms with Crippen molar-refractivity contribution in [3.63, 3.8) is 0 Å². The monoisotopic (exact) mass is 444 g/mol. The molecule has 0 saturated heterocycles. The van der Waals surface area contributed by atoms with Gasteiger partial charge in [0.05, 0.1) is 18.6 Å². The number of anilines is 1. The van der Waals surface area contributed by atoms with Gasteiger partial charge in [-0.15, -0.1) is 6.58 Å². The van der Waals surface area contributed by atoms with Crippen LogP contribution in [0.4, 0.5) is 5.69 Å². The molecule has 0 heterocycles. The molecule has 6 nitrogen and oxygen atoms in total. The molecule has 168 valence electrons. The SMILES string of the molecule is C=CCN(CC(=O)Nc1c(C(C)C)cccc1C(C)C)S(=O)(=O)c1ccc(OC)cc1. The van der Waals surface area contributed by atoms with Gasteiger partial charge in [0.15, 0.2) is 0 Å². The highest BCUT2D eigenvalue weighted by molar-refractivity contribution is 7.89. The van der Waals surface area contributed by atoms with Crippen molar-refractivity contribution in [1.29, 1.82) is 0 Å². The minimum absolute atomic E-state index is 0.0185. The first-order valence-electron chi connectivity index (χ1n) is 10.3. The van der Waals surface area contributed by atoms with Gasteiger partial charge in [-0.3, -0.25) is 4.79 Å². The van der Waals surface area contributed by atoms with Crippen molar-refractivity contribution in [3.05, 3.63) is 66.2 Å². The van der Waals surface area contributed by atoms with E-state index < -0.39 is 15.9 Å². The topological polar surface area (TPSA) is 75.7 Å². The highest BCUT2D eigenvalue weighted by atomic mass is 32.2. The summed E-state index contributed by atoms with van der Waals surface area (Å²) >= 11 is 0. The fourth-order valence-electron chi connectivity index (χ4n) is 3.32. The fraction of sp³-hybridized carbons (Fsp3) is 0.375. The predicted octanol–water partition coefficient (Wildman–Crippen LogP) is 4.76. The van der Waals surface area contributed by atoms with Crippen LogP contribution in [0.5, 0.6) is 5.75 Å². The average molecular weight is 445 g/mol. The van der Waals surface area contributed by atoms with Crippen LogP contribution in [0, 0.1) is 0 Å². The number of ether oxygens (including phenoxy) is 1. The molecule has 0 aliphatic rings. The van der Waals surface area contributed by atoms with E-state index in [1.165, 1.54) is 25.3 Å². The molecule has 0 fully saturated rings. The highest BCUT2D eigenvalue weighted by Crippen LogP contribution is 2.32. The van der Waals surface area contributed by atoms with E-state index in [2.05, 4.69) is 39.6 Å². The molecule has 0 aromatic heterocycles. The minimum atomic E-state index is -3.88. The molecular weight excluding hydrogens is 412 g/mol. The maximum absolute atomic E-state index is 13.1. The lowest BCUT2D eigenvalue weighted by Crippen LogP contribution is -2.38. The largest absolute Gasteiger partial charge is 0.497 e. The van der Waals surface area contributed by atoms with Crippen molar-refractivity contribution in [1.82, 2.24) is 4.31 Å². The molecule has 1 N–H and O–H groups in total. The van der Waals surface area contributed by atoms with Gasteiger partial charge < -0.3 is 10.1 Å². The average Bonchev–Trinajstić information content (AvgIpc) is 2.73. The Kier molecular flexibility index (Phi) is 8.42. The van der Waals surface area contributed by atoms with Gasteiger partial charge in [-0.1, -0.05) is 52.0 Å². The van der Waals surface area contributed by atoms with E-state index in [0.717, 1.165) is 21.1 Å². The normalized spacial score (nSPS) is 11.7. The fourth-order valence-corrected chi connectivity index (χ4v) is 4.69. The summed E-state index contributed by atoms with van der Waals surface area (Å²) in [4.78, 5) is 13.0. The molecule has 0 spiro atoms. The molecule has 0 saturated carbocycles. The molecule has 0 bridgehead atoms. The smallest absolute Gasteiger partial charge is 0.243 e. The first-order chi connectivity index (χ1) is 14.6. The number of carbonyl (C=O) groups excluding carboxylic acids is 1. The maximum atomic E-state index is 13.1. The van der Waals surface area contributed by atoms with E-state index in [4.69, 9.17) is 4.74 Å². The van der Waals surface area contributed by atoms with Crippen molar-refractivity contribution >= 4 is 21.6 Å². The van der Waals surface area contributed by atoms with E-state index in [-0.39, 0.29) is 29.8 Å². The predicted molar refractivity (Wildman–Crippen MR) is 125 cm³/mol. The van der Waals surface area contributed by atoms with Gasteiger partial charge >= 0.3 is 0 Å². The number of carbonyl (C=O) groups is 1. The number of rotatable bonds is 10. The van der Waals surface area contributed by atoms with Crippen molar-refractivity contribution in [2.75, 3.05) is 25.5 Å². The third-order valence-electron chi connectivity index (χ3n) is 4.99. The van der Waals surface area contributed by atoms with Crippen LogP contribution in [0.1, 0.15) is 50.7 Å². The summed E-state index contributed by atoms with van der Waals surface area (Å²) in [7, 11) is -2.37. The van der Waals surface area contributed by atoms with Crippen molar-refractivity contribution in [2.45, 2.75) is 44.4 Å². The quantitative estimate of drug-likeness (QED) is 0.536. The Balaban J connectivity index is 2.32. The number of nitrogens with one attached hydrogen (secondary N) is 1. The van der Waals surface area contributed by atoms with Crippen LogP contribution in [0.15, 0.2) is 60.0 Å². The van der Waals surface area contributed by atoms with Crippen LogP contribution in [0.25, 0.3) is 0 Å². The second-order valence-corrected chi connectivity index (χ2v) is 9.87. The van der Waals surface area contributed by atoms with Gasteiger partial charge in [0, 0.05) is 12.2 Å². The van der Waals surface area contributed by atoms with Crippen LogP contribution in [0.2, 0.25) is 0 Å². The van der Waals surface area contributed by atoms with Crippen molar-refractivity contribution in [3.8, 4) is 5.75 Å². The lowest BCUT2D eigenvalue weighted by atomic mass is 9.92. The van der Waals surface area contributed by atoms with E-state index >= 15 is 0 Å². The Morgan fingerprint density at radius 1 is 1.06 bits per heavy atom. The summed E-state index contributed by atoms with van der Waals surface area (Å²) in [5.41, 5.74) is 2.80. The van der Waals surface area contributed by atoms with Gasteiger partial charge in [-0.25, -0.2) is 8.42 Å². The number of nitrogens with zero attached hydrogens (tertiary/aromatic N) is 1. The van der Waals surface area contributed by atoms with Crippen LogP contribution >= 0.6 is 0 Å². The Morgan fingerprint density at radius 2 is 1.61 bits per heavy atom. The Bertz CT molecular complexity index is 986. The minimum Gasteiger partial charge on any atom is -0.497 e. The molecule has 0 unspecified atom stereocenters. The second-order valence-electron chi connectivity index (χ2n) is 7.93. The molecule has 0 aliphatic heterocycles. The third-order valence-corrected chi connectivity index (χ3v) is 6.81. The van der Waals surface area contributed by atoms with E-state index in [9.17, 15) is 13.2 Å². The number of methoxy groups -OCH3 is 1. The number of benzene rings is 2. The number of hydrogen-bond donors (Lipinski definition) is 1. The zero-order valence-electron chi connectivity index (χ0n) is 18.9. The Morgan fingerprint density at radius 3 is 2.06 bits per heavy atom. The van der Waals surface area contributed by atoms with Crippen molar-refractivity contribution < 1.29 is 17.9 Å². The summed E-state index contributed by atoms with van der Waals surface area (Å²) < 4.78 is 32.4. The number of para-hydroxylation sites is 1. The Hall–Kier alpha value is -2.64. The van der Waals surface area contributed by atoms with E-state index in [1.54, 1.807) is 12.1 Å². The van der Waals surface area contributed by atoms with E-state index in [1.807, 2.05) is 18.2 Å². The number of sulfonamides is 1. The maximum Gasteiger partial charge on any atom is 0.243 e. The molecule has 0 atom stereocenters. The summed E-state index contributed by atoms with van der Waals surface area (Å²) in [6.45, 7) is 11.6. The van der Waals surface area contributed by atoms with Gasteiger partial charge in [0.2, 0.25) is 15.9 Å². The highest BCUT2D eigenvalue weighted by Gasteiger charge is 2.26. The number of amides is 1. The van der Waals surface area contributed by atoms with Crippen LogP contribution < -0.4 is 10.1 Å². The zero-order chi connectivity index (χ0) is 23.2. The summed E-state index contributed by atoms with van der Waals surface area (Å²) in [5.74, 6) is 0.579. The Labute approximate surface area is 186 Å². The van der Waals surface area contributed by atoms with Crippen LogP contribution in [-0.4, -0.2) is 38.8 Å². The van der Waals surface area contributed by atoms with Crippen LogP contribution in [0.3, 0.4) is 0 Å². The molecule has 0 radical (unpaired) electrons. The van der Waals surface area contributed by atoms with Gasteiger partial charge in [-0.05, 0) is 47.2 Å². The summed E-state index contributed by atoms with van der Waals surface area (Å²) in [6.07, 6.45) is 1.47. The first kappa shape index (κ1) is 24.6. The van der Waals surface area contributed by atoms with Gasteiger partial charge in [0.25, 0.3) is 0 Å². The molecule has 1 amide bonds. The zero-order valence-corrected chi connectivity index (χ0v) is 19.7. The lowest BCUT2D eigenvalue weighted by molar-refractivity contribution is -0.116. The molecule has 2 rings (SSSR count). The summed E-state index contributed by atoms with van der Waals surface area (Å²) in [6, 6.07) is 12.0. The molecular formula is C24H32N2O4S. The molecule has 2 aromatic carbocycles. The molecule has 7 heteroatoms. The molecule has 0 aliphatic carbocycles. The first-order valence-corrected chi connectivity index (χ1v) is 11.7. The second kappa shape index (κ2) is 10.6. The molecule has 31 heavy (non-hydrogen) atoms. The van der Waals surface area contributed by atoms with Gasteiger partial charge in [0.1, 0.15) is 5.75 Å². The third kappa shape index (κ3) is 5.95. The van der Waals surface area contributed by atoms with Crippen LogP contribution in [-0.2, 0) is 14.8 Å². The van der Waals surface area contributed by atoms with Gasteiger partial charge in [-0.2, -0.15) is 4.31 Å². The molecule has 2 aromatic rings. The van der Waals surface area contributed by atoms with E-state index in [0.29, 0.717) is 5.75 Å².